The number of hydrogen-bond donors (Lipinski definition) is 0. The van der Waals surface area contributed by atoms with Crippen LogP contribution in [0, 0.1) is 0 Å². The fraction of sp³-hybridized carbons (Fsp3) is 0.250. The number of nitrogens with zero attached hydrogens (tertiary/aromatic N) is 3. The number of fused-ring (bicyclic) bond motifs is 1. The third-order valence-electron chi connectivity index (χ3n) is 4.42. The second kappa shape index (κ2) is 4.82. The summed E-state index contributed by atoms with van der Waals surface area (Å²) in [6, 6.07) is 12.1. The molecule has 2 aromatic heterocycles. The van der Waals surface area contributed by atoms with E-state index >= 15 is 0 Å². The predicted molar refractivity (Wildman–Crippen MR) is 86.8 cm³/mol. The molecule has 3 aromatic rings. The van der Waals surface area contributed by atoms with Gasteiger partial charge >= 0.3 is 0 Å². The minimum Gasteiger partial charge on any atom is -0.285 e. The van der Waals surface area contributed by atoms with Crippen LogP contribution in [-0.2, 0) is 5.41 Å². The molecule has 106 valence electrons. The van der Waals surface area contributed by atoms with Gasteiger partial charge in [0.05, 0.1) is 9.89 Å². The molecule has 0 spiro atoms. The van der Waals surface area contributed by atoms with Crippen LogP contribution in [0.3, 0.4) is 0 Å². The predicted octanol–water partition coefficient (Wildman–Crippen LogP) is 4.62. The highest BCUT2D eigenvalue weighted by atomic mass is 79.9. The summed E-state index contributed by atoms with van der Waals surface area (Å²) in [7, 11) is 0. The summed E-state index contributed by atoms with van der Waals surface area (Å²) in [6.45, 7) is 0. The van der Waals surface area contributed by atoms with Crippen molar-refractivity contribution in [1.29, 1.82) is 0 Å². The largest absolute Gasteiger partial charge is 0.285 e. The van der Waals surface area contributed by atoms with Gasteiger partial charge in [-0.15, -0.1) is 10.2 Å². The Hall–Kier alpha value is -1.39. The highest BCUT2D eigenvalue weighted by molar-refractivity contribution is 9.10. The highest BCUT2D eigenvalue weighted by Crippen LogP contribution is 2.48. The summed E-state index contributed by atoms with van der Waals surface area (Å²) in [5.74, 6) is 1.02. The Labute approximate surface area is 136 Å². The van der Waals surface area contributed by atoms with Crippen molar-refractivity contribution in [3.05, 3.63) is 63.5 Å². The van der Waals surface area contributed by atoms with Crippen molar-refractivity contribution >= 4 is 33.2 Å². The van der Waals surface area contributed by atoms with E-state index < -0.39 is 0 Å². The van der Waals surface area contributed by atoms with Gasteiger partial charge in [-0.2, -0.15) is 0 Å². The van der Waals surface area contributed by atoms with E-state index in [-0.39, 0.29) is 5.41 Å². The number of benzene rings is 1. The average molecular weight is 363 g/mol. The molecule has 1 aliphatic rings. The van der Waals surface area contributed by atoms with E-state index in [0.29, 0.717) is 0 Å². The average Bonchev–Trinajstić information content (AvgIpc) is 2.86. The number of rotatable bonds is 2. The molecule has 21 heavy (non-hydrogen) atoms. The number of pyridine rings is 1. The molecule has 0 atom stereocenters. The van der Waals surface area contributed by atoms with Gasteiger partial charge in [-0.1, -0.05) is 30.2 Å². The van der Waals surface area contributed by atoms with Crippen LogP contribution in [0.4, 0.5) is 0 Å². The van der Waals surface area contributed by atoms with Crippen LogP contribution < -0.4 is 0 Å². The van der Waals surface area contributed by atoms with E-state index in [2.05, 4.69) is 42.7 Å². The topological polar surface area (TPSA) is 30.2 Å². The van der Waals surface area contributed by atoms with Gasteiger partial charge in [-0.05, 0) is 58.6 Å². The summed E-state index contributed by atoms with van der Waals surface area (Å²) in [6.07, 6.45) is 5.45. The fourth-order valence-electron chi connectivity index (χ4n) is 3.15. The highest BCUT2D eigenvalue weighted by Gasteiger charge is 2.44. The van der Waals surface area contributed by atoms with E-state index in [1.807, 2.05) is 30.5 Å². The van der Waals surface area contributed by atoms with E-state index in [1.165, 1.54) is 12.0 Å². The fourth-order valence-corrected chi connectivity index (χ4v) is 3.70. The van der Waals surface area contributed by atoms with E-state index in [1.54, 1.807) is 0 Å². The van der Waals surface area contributed by atoms with Crippen LogP contribution in [0.25, 0.3) is 5.65 Å². The zero-order valence-electron chi connectivity index (χ0n) is 11.3. The third-order valence-corrected chi connectivity index (χ3v) is 5.29. The number of halogens is 2. The molecule has 0 amide bonds. The lowest BCUT2D eigenvalue weighted by Crippen LogP contribution is -2.37. The lowest BCUT2D eigenvalue weighted by Gasteiger charge is -2.40. The zero-order valence-corrected chi connectivity index (χ0v) is 13.6. The van der Waals surface area contributed by atoms with Gasteiger partial charge in [-0.25, -0.2) is 0 Å². The molecule has 4 rings (SSSR count). The van der Waals surface area contributed by atoms with Crippen molar-refractivity contribution < 1.29 is 0 Å². The van der Waals surface area contributed by atoms with Crippen LogP contribution in [0.1, 0.15) is 30.7 Å². The maximum Gasteiger partial charge on any atom is 0.175 e. The van der Waals surface area contributed by atoms with Crippen molar-refractivity contribution in [3.8, 4) is 0 Å². The van der Waals surface area contributed by atoms with Gasteiger partial charge in [0.1, 0.15) is 5.82 Å². The zero-order chi connectivity index (χ0) is 14.4. The molecule has 0 unspecified atom stereocenters. The molecule has 0 N–H and O–H groups in total. The van der Waals surface area contributed by atoms with Crippen molar-refractivity contribution in [2.45, 2.75) is 24.7 Å². The van der Waals surface area contributed by atoms with Gasteiger partial charge in [0.2, 0.25) is 0 Å². The summed E-state index contributed by atoms with van der Waals surface area (Å²) in [4.78, 5) is 0. The van der Waals surface area contributed by atoms with Crippen LogP contribution in [0.2, 0.25) is 5.02 Å². The molecule has 5 heteroatoms. The minimum atomic E-state index is -0.0369. The SMILES string of the molecule is Clc1ccc(C2(c3nnc4c(Br)cccn34)CCC2)cc1. The maximum atomic E-state index is 6.02. The normalized spacial score (nSPS) is 16.9. The second-order valence-electron chi connectivity index (χ2n) is 5.52. The Morgan fingerprint density at radius 3 is 2.52 bits per heavy atom. The van der Waals surface area contributed by atoms with Gasteiger partial charge in [-0.3, -0.25) is 4.40 Å². The number of aromatic nitrogens is 3. The van der Waals surface area contributed by atoms with Gasteiger partial charge < -0.3 is 0 Å². The lowest BCUT2D eigenvalue weighted by atomic mass is 9.64. The second-order valence-corrected chi connectivity index (χ2v) is 6.81. The molecular weight excluding hydrogens is 350 g/mol. The Morgan fingerprint density at radius 1 is 1.10 bits per heavy atom. The molecular formula is C16H13BrClN3. The molecule has 1 aliphatic carbocycles. The standard InChI is InChI=1S/C16H13BrClN3/c17-13-3-1-10-21-14(13)19-20-15(21)16(8-2-9-16)11-4-6-12(18)7-5-11/h1,3-7,10H,2,8-9H2. The van der Waals surface area contributed by atoms with Crippen molar-refractivity contribution in [2.24, 2.45) is 0 Å². The molecule has 1 fully saturated rings. The van der Waals surface area contributed by atoms with Crippen LogP contribution in [0.15, 0.2) is 47.1 Å². The summed E-state index contributed by atoms with van der Waals surface area (Å²) >= 11 is 9.57. The third kappa shape index (κ3) is 1.93. The van der Waals surface area contributed by atoms with Gasteiger partial charge in [0, 0.05) is 11.2 Å². The minimum absolute atomic E-state index is 0.0369. The Morgan fingerprint density at radius 2 is 1.86 bits per heavy atom. The summed E-state index contributed by atoms with van der Waals surface area (Å²) < 4.78 is 3.06. The monoisotopic (exact) mass is 361 g/mol. The van der Waals surface area contributed by atoms with Crippen molar-refractivity contribution in [1.82, 2.24) is 14.6 Å². The van der Waals surface area contributed by atoms with Crippen LogP contribution in [-0.4, -0.2) is 14.6 Å². The van der Waals surface area contributed by atoms with Crippen molar-refractivity contribution in [2.75, 3.05) is 0 Å². The Bertz CT molecular complexity index is 806. The molecule has 0 bridgehead atoms. The molecule has 1 saturated carbocycles. The van der Waals surface area contributed by atoms with Gasteiger partial charge in [0.25, 0.3) is 0 Å². The molecule has 0 radical (unpaired) electrons. The summed E-state index contributed by atoms with van der Waals surface area (Å²) in [5, 5.41) is 9.61. The lowest BCUT2D eigenvalue weighted by molar-refractivity contribution is 0.283. The van der Waals surface area contributed by atoms with E-state index in [4.69, 9.17) is 11.6 Å². The molecule has 0 saturated heterocycles. The number of hydrogen-bond acceptors (Lipinski definition) is 2. The molecule has 1 aromatic carbocycles. The molecule has 3 nitrogen and oxygen atoms in total. The maximum absolute atomic E-state index is 6.02. The molecule has 2 heterocycles. The smallest absolute Gasteiger partial charge is 0.175 e. The first kappa shape index (κ1) is 13.3. The summed E-state index contributed by atoms with van der Waals surface area (Å²) in [5.41, 5.74) is 2.10. The van der Waals surface area contributed by atoms with Crippen molar-refractivity contribution in [3.63, 3.8) is 0 Å². The van der Waals surface area contributed by atoms with E-state index in [0.717, 1.165) is 33.8 Å². The van der Waals surface area contributed by atoms with E-state index in [9.17, 15) is 0 Å². The first-order valence-electron chi connectivity index (χ1n) is 6.96. The first-order chi connectivity index (χ1) is 10.2. The quantitative estimate of drug-likeness (QED) is 0.666. The first-order valence-corrected chi connectivity index (χ1v) is 8.14. The Balaban J connectivity index is 1.92. The van der Waals surface area contributed by atoms with Crippen LogP contribution >= 0.6 is 27.5 Å². The van der Waals surface area contributed by atoms with Crippen LogP contribution in [0.5, 0.6) is 0 Å². The van der Waals surface area contributed by atoms with Gasteiger partial charge in [0.15, 0.2) is 5.65 Å². The molecule has 0 aliphatic heterocycles. The Kier molecular flexibility index (Phi) is 3.05.